The number of hydrogen-bond acceptors (Lipinski definition) is 7. The molecule has 0 aliphatic carbocycles. The number of nitrogens with zero attached hydrogens (tertiary/aromatic N) is 1. The molecule has 1 aromatic heterocycles. The Bertz CT molecular complexity index is 647. The van der Waals surface area contributed by atoms with Gasteiger partial charge in [0.1, 0.15) is 28.7 Å². The van der Waals surface area contributed by atoms with Crippen molar-refractivity contribution in [2.75, 3.05) is 7.11 Å². The number of ether oxygens (including phenoxy) is 2. The number of methoxy groups -OCH3 is 1. The van der Waals surface area contributed by atoms with Gasteiger partial charge in [0.05, 0.1) is 13.2 Å². The second kappa shape index (κ2) is 8.00. The van der Waals surface area contributed by atoms with Crippen LogP contribution in [0.1, 0.15) is 62.5 Å². The molecule has 9 heteroatoms. The predicted molar refractivity (Wildman–Crippen MR) is 88.0 cm³/mol. The standard InChI is InChI=1S/C16H25N3O6/c1-8(18-15(22)24-16(4,5)6)12-11(10(3)25-19-12)13(20)17-9(2)14(21)23-7/h8-9H,1-7H3,(H,17,20)(H,18,22)/t8-,9-/m0/s1. The van der Waals surface area contributed by atoms with Crippen LogP contribution in [0.3, 0.4) is 0 Å². The van der Waals surface area contributed by atoms with Gasteiger partial charge in [-0.05, 0) is 41.5 Å². The average molecular weight is 355 g/mol. The van der Waals surface area contributed by atoms with Gasteiger partial charge >= 0.3 is 12.1 Å². The molecule has 0 saturated heterocycles. The molecule has 0 aromatic carbocycles. The third kappa shape index (κ3) is 5.77. The first-order valence-electron chi connectivity index (χ1n) is 7.80. The fraction of sp³-hybridized carbons (Fsp3) is 0.625. The topological polar surface area (TPSA) is 120 Å². The Hall–Kier alpha value is -2.58. The Morgan fingerprint density at radius 2 is 1.76 bits per heavy atom. The van der Waals surface area contributed by atoms with Gasteiger partial charge in [-0.3, -0.25) is 4.79 Å². The molecule has 0 unspecified atom stereocenters. The first-order valence-corrected chi connectivity index (χ1v) is 7.80. The largest absolute Gasteiger partial charge is 0.467 e. The van der Waals surface area contributed by atoms with Crippen molar-refractivity contribution in [3.8, 4) is 0 Å². The van der Waals surface area contributed by atoms with Crippen molar-refractivity contribution in [3.05, 3.63) is 17.0 Å². The van der Waals surface area contributed by atoms with Crippen molar-refractivity contribution in [2.45, 2.75) is 59.2 Å². The van der Waals surface area contributed by atoms with Crippen molar-refractivity contribution < 1.29 is 28.4 Å². The number of aromatic nitrogens is 1. The molecule has 9 nitrogen and oxygen atoms in total. The van der Waals surface area contributed by atoms with Gasteiger partial charge in [0.25, 0.3) is 5.91 Å². The summed E-state index contributed by atoms with van der Waals surface area (Å²) in [5.74, 6) is -0.865. The Kier molecular flexibility index (Phi) is 6.55. The van der Waals surface area contributed by atoms with Crippen molar-refractivity contribution in [1.82, 2.24) is 15.8 Å². The highest BCUT2D eigenvalue weighted by Gasteiger charge is 2.28. The maximum Gasteiger partial charge on any atom is 0.408 e. The Morgan fingerprint density at radius 3 is 2.28 bits per heavy atom. The zero-order chi connectivity index (χ0) is 19.4. The highest BCUT2D eigenvalue weighted by atomic mass is 16.6. The molecule has 2 amide bonds. The molecule has 0 spiro atoms. The number of esters is 1. The van der Waals surface area contributed by atoms with Crippen molar-refractivity contribution in [1.29, 1.82) is 0 Å². The van der Waals surface area contributed by atoms with Gasteiger partial charge in [0.2, 0.25) is 0 Å². The van der Waals surface area contributed by atoms with Crippen LogP contribution in [0.5, 0.6) is 0 Å². The number of aryl methyl sites for hydroxylation is 1. The summed E-state index contributed by atoms with van der Waals surface area (Å²) in [6.07, 6.45) is -0.644. The SMILES string of the molecule is COC(=O)[C@H](C)NC(=O)c1c([C@H](C)NC(=O)OC(C)(C)C)noc1C. The van der Waals surface area contributed by atoms with E-state index in [-0.39, 0.29) is 17.0 Å². The van der Waals surface area contributed by atoms with Gasteiger partial charge < -0.3 is 24.6 Å². The normalized spacial score (nSPS) is 13.6. The van der Waals surface area contributed by atoms with E-state index in [0.717, 1.165) is 0 Å². The Morgan fingerprint density at radius 1 is 1.16 bits per heavy atom. The Labute approximate surface area is 146 Å². The van der Waals surface area contributed by atoms with Crippen LogP contribution in [-0.4, -0.2) is 41.9 Å². The first kappa shape index (κ1) is 20.5. The number of nitrogens with one attached hydrogen (secondary N) is 2. The van der Waals surface area contributed by atoms with Gasteiger partial charge in [-0.2, -0.15) is 0 Å². The summed E-state index contributed by atoms with van der Waals surface area (Å²) in [4.78, 5) is 35.8. The summed E-state index contributed by atoms with van der Waals surface area (Å²) in [5.41, 5.74) is -0.267. The Balaban J connectivity index is 2.91. The smallest absolute Gasteiger partial charge is 0.408 e. The van der Waals surface area contributed by atoms with Gasteiger partial charge in [-0.1, -0.05) is 5.16 Å². The molecule has 25 heavy (non-hydrogen) atoms. The lowest BCUT2D eigenvalue weighted by molar-refractivity contribution is -0.142. The molecule has 140 valence electrons. The van der Waals surface area contributed by atoms with Crippen LogP contribution in [0.2, 0.25) is 0 Å². The number of hydrogen-bond donors (Lipinski definition) is 2. The van der Waals surface area contributed by atoms with Gasteiger partial charge in [0, 0.05) is 0 Å². The molecule has 0 aliphatic rings. The zero-order valence-electron chi connectivity index (χ0n) is 15.6. The van der Waals surface area contributed by atoms with E-state index >= 15 is 0 Å². The van der Waals surface area contributed by atoms with Crippen molar-refractivity contribution >= 4 is 18.0 Å². The zero-order valence-corrected chi connectivity index (χ0v) is 15.6. The van der Waals surface area contributed by atoms with E-state index in [1.54, 1.807) is 34.6 Å². The number of carbonyl (C=O) groups is 3. The summed E-state index contributed by atoms with van der Waals surface area (Å²) in [7, 11) is 1.23. The number of amides is 2. The van der Waals surface area contributed by atoms with Crippen LogP contribution < -0.4 is 10.6 Å². The molecule has 1 heterocycles. The van der Waals surface area contributed by atoms with Crippen LogP contribution in [-0.2, 0) is 14.3 Å². The van der Waals surface area contributed by atoms with E-state index in [9.17, 15) is 14.4 Å². The van der Waals surface area contributed by atoms with E-state index in [0.29, 0.717) is 0 Å². The summed E-state index contributed by atoms with van der Waals surface area (Å²) < 4.78 is 14.8. The lowest BCUT2D eigenvalue weighted by Crippen LogP contribution is -2.40. The van der Waals surface area contributed by atoms with Crippen molar-refractivity contribution in [2.24, 2.45) is 0 Å². The number of rotatable bonds is 5. The average Bonchev–Trinajstić information content (AvgIpc) is 2.85. The van der Waals surface area contributed by atoms with Crippen LogP contribution in [0.15, 0.2) is 4.52 Å². The highest BCUT2D eigenvalue weighted by Crippen LogP contribution is 2.21. The van der Waals surface area contributed by atoms with Gasteiger partial charge in [-0.15, -0.1) is 0 Å². The lowest BCUT2D eigenvalue weighted by atomic mass is 10.1. The second-order valence-electron chi connectivity index (χ2n) is 6.59. The predicted octanol–water partition coefficient (Wildman–Crippen LogP) is 1.86. The van der Waals surface area contributed by atoms with E-state index in [1.807, 2.05) is 0 Å². The minimum Gasteiger partial charge on any atom is -0.467 e. The van der Waals surface area contributed by atoms with E-state index < -0.39 is 35.7 Å². The molecule has 2 N–H and O–H groups in total. The molecule has 0 saturated carbocycles. The highest BCUT2D eigenvalue weighted by molar-refractivity contribution is 5.98. The lowest BCUT2D eigenvalue weighted by Gasteiger charge is -2.21. The minimum absolute atomic E-state index is 0.152. The molecule has 0 aliphatic heterocycles. The number of alkyl carbamates (subject to hydrolysis) is 1. The quantitative estimate of drug-likeness (QED) is 0.773. The van der Waals surface area contributed by atoms with Crippen LogP contribution in [0, 0.1) is 6.92 Å². The molecular formula is C16H25N3O6. The fourth-order valence-corrected chi connectivity index (χ4v) is 2.02. The van der Waals surface area contributed by atoms with E-state index in [2.05, 4.69) is 20.5 Å². The second-order valence-corrected chi connectivity index (χ2v) is 6.59. The number of carbonyl (C=O) groups excluding carboxylic acids is 3. The molecule has 0 bridgehead atoms. The van der Waals surface area contributed by atoms with Gasteiger partial charge in [0.15, 0.2) is 0 Å². The maximum atomic E-state index is 12.4. The van der Waals surface area contributed by atoms with E-state index in [1.165, 1.54) is 14.0 Å². The third-order valence-electron chi connectivity index (χ3n) is 3.16. The minimum atomic E-state index is -0.839. The molecule has 0 radical (unpaired) electrons. The monoisotopic (exact) mass is 355 g/mol. The first-order chi connectivity index (χ1) is 11.5. The summed E-state index contributed by atoms with van der Waals surface area (Å²) in [5, 5.41) is 8.93. The molecule has 2 atom stereocenters. The summed E-state index contributed by atoms with van der Waals surface area (Å²) in [6, 6.07) is -1.48. The third-order valence-corrected chi connectivity index (χ3v) is 3.16. The van der Waals surface area contributed by atoms with Crippen LogP contribution in [0.4, 0.5) is 4.79 Å². The maximum absolute atomic E-state index is 12.4. The van der Waals surface area contributed by atoms with Gasteiger partial charge in [-0.25, -0.2) is 9.59 Å². The van der Waals surface area contributed by atoms with E-state index in [4.69, 9.17) is 9.26 Å². The van der Waals surface area contributed by atoms with Crippen LogP contribution in [0.25, 0.3) is 0 Å². The molecule has 1 rings (SSSR count). The fourth-order valence-electron chi connectivity index (χ4n) is 2.02. The summed E-state index contributed by atoms with van der Waals surface area (Å²) in [6.45, 7) is 9.92. The summed E-state index contributed by atoms with van der Waals surface area (Å²) >= 11 is 0. The van der Waals surface area contributed by atoms with Crippen molar-refractivity contribution in [3.63, 3.8) is 0 Å². The molecular weight excluding hydrogens is 330 g/mol. The van der Waals surface area contributed by atoms with Crippen LogP contribution >= 0.6 is 0 Å². The molecule has 0 fully saturated rings. The molecule has 1 aromatic rings.